The monoisotopic (exact) mass is 324 g/mol. The molecule has 2 rings (SSSR count). The van der Waals surface area contributed by atoms with Crippen molar-refractivity contribution in [1.29, 1.82) is 0 Å². The Hall–Kier alpha value is -1.00. The molecule has 0 aliphatic heterocycles. The Bertz CT molecular complexity index is 456. The molecule has 0 spiro atoms. The molecule has 0 aromatic rings. The maximum absolute atomic E-state index is 11.5. The lowest BCUT2D eigenvalue weighted by atomic mass is 9.71. The lowest BCUT2D eigenvalue weighted by Gasteiger charge is -2.36. The maximum atomic E-state index is 11.5. The lowest BCUT2D eigenvalue weighted by Crippen LogP contribution is -2.42. The standard InChI is InChI=1S/C11H18O2.C8H14O2/c1-6(2)9-5-10(12)7(3)8(4)11(9)13;1-5-6(2)8(10)4-3-7(5)9/h7-9,11,13H,1,5H2,2-4H3;5-7,9H,3-4H2,1-2H3/t7-,8-,9-,11+;5-,6-,7-/m11/s1. The first-order valence-corrected chi connectivity index (χ1v) is 8.64. The fraction of sp³-hybridized carbons (Fsp3) is 0.789. The van der Waals surface area contributed by atoms with Crippen LogP contribution in [0.3, 0.4) is 0 Å². The average molecular weight is 324 g/mol. The van der Waals surface area contributed by atoms with E-state index in [0.29, 0.717) is 25.0 Å². The van der Waals surface area contributed by atoms with Gasteiger partial charge in [-0.1, -0.05) is 39.8 Å². The zero-order valence-corrected chi connectivity index (χ0v) is 15.1. The van der Waals surface area contributed by atoms with Crippen LogP contribution in [0.25, 0.3) is 0 Å². The number of hydrogen-bond acceptors (Lipinski definition) is 4. The number of Topliss-reactive ketones (excluding diaryl/α,β-unsaturated/α-hetero) is 2. The lowest BCUT2D eigenvalue weighted by molar-refractivity contribution is -0.132. The molecule has 0 saturated heterocycles. The summed E-state index contributed by atoms with van der Waals surface area (Å²) >= 11 is 0. The molecular formula is C19H32O4. The smallest absolute Gasteiger partial charge is 0.136 e. The number of ketones is 2. The van der Waals surface area contributed by atoms with Gasteiger partial charge in [-0.15, -0.1) is 0 Å². The van der Waals surface area contributed by atoms with Crippen molar-refractivity contribution in [1.82, 2.24) is 0 Å². The molecule has 23 heavy (non-hydrogen) atoms. The summed E-state index contributed by atoms with van der Waals surface area (Å²) in [6.45, 7) is 13.4. The first-order chi connectivity index (χ1) is 10.6. The van der Waals surface area contributed by atoms with E-state index in [0.717, 1.165) is 5.57 Å². The molecule has 2 saturated carbocycles. The van der Waals surface area contributed by atoms with E-state index in [-0.39, 0.29) is 41.5 Å². The molecule has 2 N–H and O–H groups in total. The highest BCUT2D eigenvalue weighted by atomic mass is 16.3. The first kappa shape index (κ1) is 20.0. The van der Waals surface area contributed by atoms with Gasteiger partial charge in [-0.25, -0.2) is 0 Å². The summed E-state index contributed by atoms with van der Waals surface area (Å²) in [5.41, 5.74) is 0.916. The molecule has 0 aromatic carbocycles. The molecule has 132 valence electrons. The number of hydrogen-bond donors (Lipinski definition) is 2. The van der Waals surface area contributed by atoms with Crippen molar-refractivity contribution >= 4 is 11.6 Å². The van der Waals surface area contributed by atoms with Gasteiger partial charge in [0.15, 0.2) is 0 Å². The summed E-state index contributed by atoms with van der Waals surface area (Å²) in [7, 11) is 0. The van der Waals surface area contributed by atoms with Gasteiger partial charge in [0.1, 0.15) is 11.6 Å². The van der Waals surface area contributed by atoms with E-state index in [9.17, 15) is 19.8 Å². The summed E-state index contributed by atoms with van der Waals surface area (Å²) in [4.78, 5) is 22.6. The predicted molar refractivity (Wildman–Crippen MR) is 90.8 cm³/mol. The van der Waals surface area contributed by atoms with E-state index in [1.165, 1.54) is 0 Å². The van der Waals surface area contributed by atoms with Crippen LogP contribution in [0, 0.1) is 29.6 Å². The number of aliphatic hydroxyl groups is 2. The van der Waals surface area contributed by atoms with Crippen LogP contribution in [0.5, 0.6) is 0 Å². The van der Waals surface area contributed by atoms with Crippen molar-refractivity contribution in [2.45, 2.75) is 66.1 Å². The first-order valence-electron chi connectivity index (χ1n) is 8.64. The van der Waals surface area contributed by atoms with Gasteiger partial charge in [-0.3, -0.25) is 9.59 Å². The van der Waals surface area contributed by atoms with Crippen molar-refractivity contribution in [2.24, 2.45) is 29.6 Å². The van der Waals surface area contributed by atoms with Crippen LogP contribution in [0.2, 0.25) is 0 Å². The summed E-state index contributed by atoms with van der Waals surface area (Å²) < 4.78 is 0. The molecule has 0 radical (unpaired) electrons. The highest BCUT2D eigenvalue weighted by molar-refractivity contribution is 5.82. The summed E-state index contributed by atoms with van der Waals surface area (Å²) in [5, 5.41) is 19.2. The fourth-order valence-corrected chi connectivity index (χ4v) is 3.35. The number of carbonyl (C=O) groups excluding carboxylic acids is 2. The summed E-state index contributed by atoms with van der Waals surface area (Å²) in [6, 6.07) is 0. The van der Waals surface area contributed by atoms with Gasteiger partial charge < -0.3 is 10.2 Å². The average Bonchev–Trinajstić information content (AvgIpc) is 2.51. The largest absolute Gasteiger partial charge is 0.393 e. The normalized spacial score (nSPS) is 41.1. The van der Waals surface area contributed by atoms with Crippen molar-refractivity contribution in [3.63, 3.8) is 0 Å². The molecule has 0 aromatic heterocycles. The molecule has 7 atom stereocenters. The van der Waals surface area contributed by atoms with Gasteiger partial charge in [0.25, 0.3) is 0 Å². The zero-order valence-electron chi connectivity index (χ0n) is 15.1. The third-order valence-corrected chi connectivity index (χ3v) is 5.89. The minimum atomic E-state index is -0.398. The van der Waals surface area contributed by atoms with Crippen molar-refractivity contribution < 1.29 is 19.8 Å². The quantitative estimate of drug-likeness (QED) is 0.727. The second kappa shape index (κ2) is 8.20. The van der Waals surface area contributed by atoms with Crippen molar-refractivity contribution in [3.05, 3.63) is 12.2 Å². The molecule has 4 heteroatoms. The van der Waals surface area contributed by atoms with E-state index in [1.807, 2.05) is 34.6 Å². The second-order valence-corrected chi connectivity index (χ2v) is 7.48. The Kier molecular flexibility index (Phi) is 7.15. The number of aliphatic hydroxyl groups excluding tert-OH is 2. The number of carbonyl (C=O) groups is 2. The van der Waals surface area contributed by atoms with Crippen LogP contribution >= 0.6 is 0 Å². The van der Waals surface area contributed by atoms with Crippen LogP contribution in [0.15, 0.2) is 12.2 Å². The highest BCUT2D eigenvalue weighted by Gasteiger charge is 2.38. The summed E-state index contributed by atoms with van der Waals surface area (Å²) in [5.74, 6) is 0.792. The number of rotatable bonds is 1. The molecule has 0 heterocycles. The van der Waals surface area contributed by atoms with Gasteiger partial charge in [-0.2, -0.15) is 0 Å². The van der Waals surface area contributed by atoms with Crippen LogP contribution in [-0.4, -0.2) is 34.0 Å². The topological polar surface area (TPSA) is 74.6 Å². The fourth-order valence-electron chi connectivity index (χ4n) is 3.35. The van der Waals surface area contributed by atoms with Gasteiger partial charge in [0, 0.05) is 30.6 Å². The van der Waals surface area contributed by atoms with Gasteiger partial charge in [-0.05, 0) is 25.2 Å². The maximum Gasteiger partial charge on any atom is 0.136 e. The van der Waals surface area contributed by atoms with E-state index in [2.05, 4.69) is 6.58 Å². The Balaban J connectivity index is 0.000000238. The van der Waals surface area contributed by atoms with Gasteiger partial charge in [0.05, 0.1) is 12.2 Å². The van der Waals surface area contributed by atoms with Crippen LogP contribution < -0.4 is 0 Å². The highest BCUT2D eigenvalue weighted by Crippen LogP contribution is 2.34. The molecule has 2 aliphatic rings. The van der Waals surface area contributed by atoms with Crippen LogP contribution in [-0.2, 0) is 9.59 Å². The summed E-state index contributed by atoms with van der Waals surface area (Å²) in [6.07, 6.45) is 1.02. The third-order valence-electron chi connectivity index (χ3n) is 5.89. The Labute approximate surface area is 140 Å². The Morgan fingerprint density at radius 3 is 2.00 bits per heavy atom. The molecule has 0 bridgehead atoms. The molecule has 0 amide bonds. The molecular weight excluding hydrogens is 292 g/mol. The van der Waals surface area contributed by atoms with Crippen LogP contribution in [0.4, 0.5) is 0 Å². The van der Waals surface area contributed by atoms with Gasteiger partial charge in [0.2, 0.25) is 0 Å². The van der Waals surface area contributed by atoms with E-state index < -0.39 is 6.10 Å². The SMILES string of the molecule is C=C(C)[C@H]1CC(=O)[C@H](C)[C@@H](C)[C@@H]1O.C[C@H]1[C@H](O)CCC(=O)[C@@H]1C. The van der Waals surface area contributed by atoms with E-state index in [1.54, 1.807) is 0 Å². The Morgan fingerprint density at radius 2 is 1.52 bits per heavy atom. The van der Waals surface area contributed by atoms with Gasteiger partial charge >= 0.3 is 0 Å². The van der Waals surface area contributed by atoms with E-state index in [4.69, 9.17) is 0 Å². The van der Waals surface area contributed by atoms with Crippen molar-refractivity contribution in [2.75, 3.05) is 0 Å². The van der Waals surface area contributed by atoms with E-state index >= 15 is 0 Å². The molecule has 0 unspecified atom stereocenters. The molecule has 4 nitrogen and oxygen atoms in total. The minimum Gasteiger partial charge on any atom is -0.393 e. The van der Waals surface area contributed by atoms with Crippen molar-refractivity contribution in [3.8, 4) is 0 Å². The van der Waals surface area contributed by atoms with Crippen LogP contribution in [0.1, 0.15) is 53.9 Å². The second-order valence-electron chi connectivity index (χ2n) is 7.48. The minimum absolute atomic E-state index is 0.00870. The predicted octanol–water partition coefficient (Wildman–Crippen LogP) is 2.77. The molecule has 2 aliphatic carbocycles. The Morgan fingerprint density at radius 1 is 1.00 bits per heavy atom. The zero-order chi connectivity index (χ0) is 17.9. The third kappa shape index (κ3) is 4.74. The molecule has 2 fully saturated rings.